The number of carbonyl (C=O) groups is 2. The van der Waals surface area contributed by atoms with Crippen LogP contribution >= 0.6 is 0 Å². The van der Waals surface area contributed by atoms with Gasteiger partial charge in [0.15, 0.2) is 0 Å². The quantitative estimate of drug-likeness (QED) is 0.887. The Bertz CT molecular complexity index is 461. The molecular formula is C14H19N3O2. The molecule has 1 aromatic rings. The van der Waals surface area contributed by atoms with E-state index in [1.54, 1.807) is 18.1 Å². The summed E-state index contributed by atoms with van der Waals surface area (Å²) in [6.07, 6.45) is 2.73. The summed E-state index contributed by atoms with van der Waals surface area (Å²) in [6, 6.07) is 5.48. The second kappa shape index (κ2) is 5.82. The van der Waals surface area contributed by atoms with Gasteiger partial charge in [-0.05, 0) is 25.5 Å². The van der Waals surface area contributed by atoms with Crippen molar-refractivity contribution in [2.24, 2.45) is 5.92 Å². The minimum Gasteiger partial charge on any atom is -0.348 e. The molecule has 1 aromatic heterocycles. The molecule has 0 radical (unpaired) electrons. The van der Waals surface area contributed by atoms with E-state index in [1.165, 1.54) is 0 Å². The van der Waals surface area contributed by atoms with E-state index in [4.69, 9.17) is 0 Å². The van der Waals surface area contributed by atoms with Crippen molar-refractivity contribution in [3.63, 3.8) is 0 Å². The first-order valence-corrected chi connectivity index (χ1v) is 6.53. The van der Waals surface area contributed by atoms with Gasteiger partial charge in [-0.1, -0.05) is 6.07 Å². The van der Waals surface area contributed by atoms with Crippen LogP contribution in [-0.2, 0) is 9.59 Å². The van der Waals surface area contributed by atoms with Crippen molar-refractivity contribution in [3.8, 4) is 0 Å². The van der Waals surface area contributed by atoms with Crippen LogP contribution in [0, 0.1) is 5.92 Å². The number of aromatic nitrogens is 1. The average molecular weight is 261 g/mol. The summed E-state index contributed by atoms with van der Waals surface area (Å²) >= 11 is 0. The largest absolute Gasteiger partial charge is 0.348 e. The first-order chi connectivity index (χ1) is 9.08. The van der Waals surface area contributed by atoms with Crippen molar-refractivity contribution < 1.29 is 9.59 Å². The Hall–Kier alpha value is -1.91. The Morgan fingerprint density at radius 1 is 1.53 bits per heavy atom. The monoisotopic (exact) mass is 261 g/mol. The zero-order valence-corrected chi connectivity index (χ0v) is 11.3. The number of piperidine rings is 1. The molecule has 0 spiro atoms. The van der Waals surface area contributed by atoms with Crippen molar-refractivity contribution in [1.82, 2.24) is 15.2 Å². The van der Waals surface area contributed by atoms with E-state index in [0.717, 1.165) is 12.1 Å². The number of likely N-dealkylation sites (tertiary alicyclic amines) is 1. The molecule has 5 heteroatoms. The number of amides is 2. The third-order valence-electron chi connectivity index (χ3n) is 3.52. The van der Waals surface area contributed by atoms with Gasteiger partial charge in [-0.15, -0.1) is 0 Å². The van der Waals surface area contributed by atoms with Crippen LogP contribution in [0.15, 0.2) is 24.4 Å². The fourth-order valence-electron chi connectivity index (χ4n) is 2.20. The van der Waals surface area contributed by atoms with Crippen molar-refractivity contribution in [3.05, 3.63) is 30.1 Å². The molecule has 5 nitrogen and oxygen atoms in total. The molecule has 0 aromatic carbocycles. The fourth-order valence-corrected chi connectivity index (χ4v) is 2.20. The number of hydrogen-bond donors (Lipinski definition) is 1. The van der Waals surface area contributed by atoms with Crippen LogP contribution in [0.1, 0.15) is 31.5 Å². The number of nitrogens with zero attached hydrogens (tertiary/aromatic N) is 2. The Morgan fingerprint density at radius 3 is 2.95 bits per heavy atom. The van der Waals surface area contributed by atoms with Gasteiger partial charge in [0.2, 0.25) is 11.8 Å². The predicted molar refractivity (Wildman–Crippen MR) is 71.2 cm³/mol. The molecule has 1 aliphatic heterocycles. The lowest BCUT2D eigenvalue weighted by molar-refractivity contribution is -0.139. The maximum atomic E-state index is 12.1. The average Bonchev–Trinajstić information content (AvgIpc) is 2.42. The summed E-state index contributed by atoms with van der Waals surface area (Å²) in [6.45, 7) is 2.55. The van der Waals surface area contributed by atoms with Gasteiger partial charge >= 0.3 is 0 Å². The molecule has 0 saturated carbocycles. The predicted octanol–water partition coefficient (Wildman–Crippen LogP) is 1.13. The second-order valence-electron chi connectivity index (χ2n) is 4.99. The van der Waals surface area contributed by atoms with E-state index in [2.05, 4.69) is 10.3 Å². The van der Waals surface area contributed by atoms with Crippen molar-refractivity contribution in [2.45, 2.75) is 25.8 Å². The van der Waals surface area contributed by atoms with Crippen LogP contribution in [0.5, 0.6) is 0 Å². The van der Waals surface area contributed by atoms with Crippen LogP contribution in [0.3, 0.4) is 0 Å². The molecule has 0 bridgehead atoms. The normalized spacial score (nSPS) is 21.1. The lowest BCUT2D eigenvalue weighted by Gasteiger charge is -2.28. The van der Waals surface area contributed by atoms with Crippen molar-refractivity contribution in [1.29, 1.82) is 0 Å². The standard InChI is InChI=1S/C14H19N3O2/c1-10(12-5-3-4-7-15-12)16-14(19)11-6-8-17(2)13(18)9-11/h3-5,7,10-11H,6,8-9H2,1-2H3,(H,16,19)/t10-,11+/m0/s1. The van der Waals surface area contributed by atoms with Gasteiger partial charge in [0.1, 0.15) is 0 Å². The third kappa shape index (κ3) is 3.30. The lowest BCUT2D eigenvalue weighted by atomic mass is 9.95. The minimum atomic E-state index is -0.213. The molecule has 1 saturated heterocycles. The molecule has 102 valence electrons. The van der Waals surface area contributed by atoms with Crippen LogP contribution in [0.4, 0.5) is 0 Å². The summed E-state index contributed by atoms with van der Waals surface area (Å²) < 4.78 is 0. The van der Waals surface area contributed by atoms with Gasteiger partial charge in [-0.25, -0.2) is 0 Å². The highest BCUT2D eigenvalue weighted by Gasteiger charge is 2.29. The van der Waals surface area contributed by atoms with Crippen molar-refractivity contribution in [2.75, 3.05) is 13.6 Å². The Labute approximate surface area is 113 Å². The molecule has 1 fully saturated rings. The molecule has 2 rings (SSSR count). The zero-order valence-electron chi connectivity index (χ0n) is 11.3. The molecule has 2 amide bonds. The van der Waals surface area contributed by atoms with E-state index < -0.39 is 0 Å². The zero-order chi connectivity index (χ0) is 13.8. The first-order valence-electron chi connectivity index (χ1n) is 6.53. The molecule has 0 unspecified atom stereocenters. The SMILES string of the molecule is C[C@H](NC(=O)[C@@H]1CCN(C)C(=O)C1)c1ccccn1. The summed E-state index contributed by atoms with van der Waals surface area (Å²) in [5.74, 6) is -0.230. The molecular weight excluding hydrogens is 242 g/mol. The minimum absolute atomic E-state index is 0.0388. The smallest absolute Gasteiger partial charge is 0.224 e. The topological polar surface area (TPSA) is 62.3 Å². The number of carbonyl (C=O) groups excluding carboxylic acids is 2. The molecule has 19 heavy (non-hydrogen) atoms. The number of pyridine rings is 1. The highest BCUT2D eigenvalue weighted by molar-refractivity contribution is 5.87. The van der Waals surface area contributed by atoms with Gasteiger partial charge < -0.3 is 10.2 Å². The van der Waals surface area contributed by atoms with Crippen LogP contribution < -0.4 is 5.32 Å². The van der Waals surface area contributed by atoms with E-state index in [0.29, 0.717) is 13.0 Å². The first kappa shape index (κ1) is 13.5. The summed E-state index contributed by atoms with van der Waals surface area (Å²) in [5.41, 5.74) is 0.829. The van der Waals surface area contributed by atoms with Gasteiger partial charge in [0.25, 0.3) is 0 Å². The molecule has 2 atom stereocenters. The van der Waals surface area contributed by atoms with E-state index in [-0.39, 0.29) is 23.8 Å². The maximum absolute atomic E-state index is 12.1. The molecule has 2 heterocycles. The fraction of sp³-hybridized carbons (Fsp3) is 0.500. The molecule has 1 N–H and O–H groups in total. The van der Waals surface area contributed by atoms with Crippen LogP contribution in [-0.4, -0.2) is 35.3 Å². The van der Waals surface area contributed by atoms with Crippen LogP contribution in [0.25, 0.3) is 0 Å². The van der Waals surface area contributed by atoms with Gasteiger partial charge in [0, 0.05) is 32.1 Å². The van der Waals surface area contributed by atoms with E-state index in [9.17, 15) is 9.59 Å². The number of rotatable bonds is 3. The highest BCUT2D eigenvalue weighted by atomic mass is 16.2. The van der Waals surface area contributed by atoms with E-state index >= 15 is 0 Å². The van der Waals surface area contributed by atoms with Gasteiger partial charge in [0.05, 0.1) is 11.7 Å². The van der Waals surface area contributed by atoms with Crippen LogP contribution in [0.2, 0.25) is 0 Å². The van der Waals surface area contributed by atoms with Crippen molar-refractivity contribution >= 4 is 11.8 Å². The molecule has 1 aliphatic rings. The Kier molecular flexibility index (Phi) is 4.14. The summed E-state index contributed by atoms with van der Waals surface area (Å²) in [7, 11) is 1.77. The maximum Gasteiger partial charge on any atom is 0.224 e. The summed E-state index contributed by atoms with van der Waals surface area (Å²) in [4.78, 5) is 29.6. The number of nitrogens with one attached hydrogen (secondary N) is 1. The van der Waals surface area contributed by atoms with Gasteiger partial charge in [-0.3, -0.25) is 14.6 Å². The molecule has 0 aliphatic carbocycles. The third-order valence-corrected chi connectivity index (χ3v) is 3.52. The Morgan fingerprint density at radius 2 is 2.32 bits per heavy atom. The Balaban J connectivity index is 1.93. The summed E-state index contributed by atoms with van der Waals surface area (Å²) in [5, 5.41) is 2.93. The number of hydrogen-bond acceptors (Lipinski definition) is 3. The van der Waals surface area contributed by atoms with Gasteiger partial charge in [-0.2, -0.15) is 0 Å². The lowest BCUT2D eigenvalue weighted by Crippen LogP contribution is -2.42. The highest BCUT2D eigenvalue weighted by Crippen LogP contribution is 2.19. The second-order valence-corrected chi connectivity index (χ2v) is 4.99. The van der Waals surface area contributed by atoms with E-state index in [1.807, 2.05) is 25.1 Å².